The van der Waals surface area contributed by atoms with Crippen LogP contribution in [0.15, 0.2) is 18.2 Å². The summed E-state index contributed by atoms with van der Waals surface area (Å²) >= 11 is 0. The number of nitro benzene ring substituents is 1. The summed E-state index contributed by atoms with van der Waals surface area (Å²) in [6, 6.07) is 6.94. The molecule has 0 unspecified atom stereocenters. The Hall–Kier alpha value is -2.17. The number of hydrogen-bond acceptors (Lipinski definition) is 6. The van der Waals surface area contributed by atoms with Crippen LogP contribution < -0.4 is 4.90 Å². The van der Waals surface area contributed by atoms with Crippen LogP contribution in [0, 0.1) is 21.4 Å². The normalized spacial score (nSPS) is 25.4. The molecule has 1 aromatic carbocycles. The predicted octanol–water partition coefficient (Wildman–Crippen LogP) is 0.986. The fourth-order valence-electron chi connectivity index (χ4n) is 3.04. The minimum atomic E-state index is -0.525. The Kier molecular flexibility index (Phi) is 3.49. The molecule has 0 bridgehead atoms. The number of fused-ring (bicyclic) bond motifs is 1. The van der Waals surface area contributed by atoms with Crippen LogP contribution in [0.5, 0.6) is 0 Å². The van der Waals surface area contributed by atoms with Crippen molar-refractivity contribution < 1.29 is 9.66 Å². The zero-order valence-electron chi connectivity index (χ0n) is 11.7. The van der Waals surface area contributed by atoms with Crippen molar-refractivity contribution in [2.24, 2.45) is 0 Å². The second-order valence-corrected chi connectivity index (χ2v) is 5.43. The number of benzene rings is 1. The first-order valence-electron chi connectivity index (χ1n) is 6.85. The molecule has 0 saturated carbocycles. The van der Waals surface area contributed by atoms with Gasteiger partial charge in [-0.3, -0.25) is 15.0 Å². The summed E-state index contributed by atoms with van der Waals surface area (Å²) in [6.07, 6.45) is 0.157. The third-order valence-electron chi connectivity index (χ3n) is 4.24. The van der Waals surface area contributed by atoms with Gasteiger partial charge in [0.1, 0.15) is 11.6 Å². The lowest BCUT2D eigenvalue weighted by molar-refractivity contribution is -0.385. The van der Waals surface area contributed by atoms with Crippen molar-refractivity contribution in [2.75, 3.05) is 38.2 Å². The molecule has 110 valence electrons. The first-order chi connectivity index (χ1) is 10.1. The summed E-state index contributed by atoms with van der Waals surface area (Å²) in [6.45, 7) is 3.20. The fraction of sp³-hybridized carbons (Fsp3) is 0.500. The molecule has 0 amide bonds. The van der Waals surface area contributed by atoms with Gasteiger partial charge in [0.25, 0.3) is 5.69 Å². The molecule has 2 aliphatic heterocycles. The molecule has 3 rings (SSSR count). The molecule has 0 radical (unpaired) electrons. The molecular formula is C14H16N4O3. The lowest BCUT2D eigenvalue weighted by atomic mass is 10.1. The van der Waals surface area contributed by atoms with Gasteiger partial charge in [0.15, 0.2) is 0 Å². The SMILES string of the molecule is CN1CCO[C@@H]2CN(c3ccc([N+](=O)[O-])c(C#N)c3)C[C@@H]21. The number of hydrogen-bond donors (Lipinski definition) is 0. The highest BCUT2D eigenvalue weighted by atomic mass is 16.6. The number of nitriles is 1. The van der Waals surface area contributed by atoms with Crippen LogP contribution in [0.2, 0.25) is 0 Å². The highest BCUT2D eigenvalue weighted by Gasteiger charge is 2.38. The van der Waals surface area contributed by atoms with E-state index in [9.17, 15) is 10.1 Å². The standard InChI is InChI=1S/C14H16N4O3/c1-16-4-5-21-14-9-17(8-13(14)16)11-2-3-12(18(19)20)10(6-11)7-15/h2-3,6,13-14H,4-5,8-9H2,1H3/t13-,14+/m0/s1. The van der Waals surface area contributed by atoms with Crippen molar-refractivity contribution in [3.63, 3.8) is 0 Å². The average Bonchev–Trinajstić information content (AvgIpc) is 2.92. The maximum absolute atomic E-state index is 10.9. The third kappa shape index (κ3) is 2.44. The van der Waals surface area contributed by atoms with Gasteiger partial charge >= 0.3 is 0 Å². The summed E-state index contributed by atoms with van der Waals surface area (Å²) in [4.78, 5) is 14.8. The first-order valence-corrected chi connectivity index (χ1v) is 6.85. The molecule has 2 fully saturated rings. The maximum Gasteiger partial charge on any atom is 0.287 e. The van der Waals surface area contributed by atoms with Gasteiger partial charge in [-0.25, -0.2) is 0 Å². The Balaban J connectivity index is 1.85. The molecule has 2 saturated heterocycles. The van der Waals surface area contributed by atoms with E-state index in [1.165, 1.54) is 6.07 Å². The van der Waals surface area contributed by atoms with Gasteiger partial charge < -0.3 is 9.64 Å². The summed E-state index contributed by atoms with van der Waals surface area (Å²) in [5.74, 6) is 0. The first kappa shape index (κ1) is 13.8. The number of nitro groups is 1. The average molecular weight is 288 g/mol. The van der Waals surface area contributed by atoms with E-state index >= 15 is 0 Å². The smallest absolute Gasteiger partial charge is 0.287 e. The molecule has 21 heavy (non-hydrogen) atoms. The summed E-state index contributed by atoms with van der Waals surface area (Å²) < 4.78 is 5.79. The van der Waals surface area contributed by atoms with Crippen molar-refractivity contribution in [3.05, 3.63) is 33.9 Å². The van der Waals surface area contributed by atoms with Crippen LogP contribution in [-0.2, 0) is 4.74 Å². The van der Waals surface area contributed by atoms with Crippen molar-refractivity contribution in [1.29, 1.82) is 5.26 Å². The number of likely N-dealkylation sites (N-methyl/N-ethyl adjacent to an activating group) is 1. The Bertz CT molecular complexity index is 613. The molecule has 2 atom stereocenters. The summed E-state index contributed by atoms with van der Waals surface area (Å²) in [7, 11) is 2.08. The quantitative estimate of drug-likeness (QED) is 0.596. The lowest BCUT2D eigenvalue weighted by Crippen LogP contribution is -2.48. The van der Waals surface area contributed by atoms with Gasteiger partial charge in [-0.05, 0) is 19.2 Å². The van der Waals surface area contributed by atoms with Crippen molar-refractivity contribution >= 4 is 11.4 Å². The van der Waals surface area contributed by atoms with E-state index in [1.54, 1.807) is 12.1 Å². The molecule has 2 aliphatic rings. The van der Waals surface area contributed by atoms with Crippen LogP contribution in [0.1, 0.15) is 5.56 Å². The Labute approximate surface area is 122 Å². The third-order valence-corrected chi connectivity index (χ3v) is 4.24. The van der Waals surface area contributed by atoms with Gasteiger partial charge in [-0.15, -0.1) is 0 Å². The van der Waals surface area contributed by atoms with E-state index in [1.807, 2.05) is 6.07 Å². The largest absolute Gasteiger partial charge is 0.373 e. The number of ether oxygens (including phenoxy) is 1. The van der Waals surface area contributed by atoms with Gasteiger partial charge in [0.05, 0.1) is 23.7 Å². The van der Waals surface area contributed by atoms with Gasteiger partial charge in [-0.2, -0.15) is 5.26 Å². The fourth-order valence-corrected chi connectivity index (χ4v) is 3.04. The Morgan fingerprint density at radius 1 is 1.48 bits per heavy atom. The summed E-state index contributed by atoms with van der Waals surface area (Å²) in [5, 5.41) is 20.0. The highest BCUT2D eigenvalue weighted by molar-refractivity contribution is 5.60. The number of rotatable bonds is 2. The van der Waals surface area contributed by atoms with Crippen LogP contribution in [0.3, 0.4) is 0 Å². The van der Waals surface area contributed by atoms with Crippen molar-refractivity contribution in [3.8, 4) is 6.07 Å². The molecule has 0 aromatic heterocycles. The van der Waals surface area contributed by atoms with Gasteiger partial charge in [0, 0.05) is 31.4 Å². The van der Waals surface area contributed by atoms with Crippen LogP contribution in [0.4, 0.5) is 11.4 Å². The summed E-state index contributed by atoms with van der Waals surface area (Å²) in [5.41, 5.74) is 0.788. The second-order valence-electron chi connectivity index (χ2n) is 5.43. The number of morpholine rings is 1. The number of anilines is 1. The van der Waals surface area contributed by atoms with E-state index in [0.717, 1.165) is 31.9 Å². The van der Waals surface area contributed by atoms with Crippen LogP contribution >= 0.6 is 0 Å². The minimum absolute atomic E-state index is 0.0987. The second kappa shape index (κ2) is 5.31. The van der Waals surface area contributed by atoms with Gasteiger partial charge in [-0.1, -0.05) is 0 Å². The zero-order chi connectivity index (χ0) is 15.0. The van der Waals surface area contributed by atoms with Crippen molar-refractivity contribution in [1.82, 2.24) is 4.90 Å². The van der Waals surface area contributed by atoms with E-state index in [0.29, 0.717) is 6.04 Å². The molecule has 0 aliphatic carbocycles. The minimum Gasteiger partial charge on any atom is -0.373 e. The molecular weight excluding hydrogens is 272 g/mol. The molecule has 0 N–H and O–H groups in total. The predicted molar refractivity (Wildman–Crippen MR) is 76.2 cm³/mol. The molecule has 7 heteroatoms. The maximum atomic E-state index is 10.9. The Morgan fingerprint density at radius 3 is 2.95 bits per heavy atom. The molecule has 7 nitrogen and oxygen atoms in total. The zero-order valence-corrected chi connectivity index (χ0v) is 11.7. The molecule has 1 aromatic rings. The van der Waals surface area contributed by atoms with Gasteiger partial charge in [0.2, 0.25) is 0 Å². The number of nitrogens with zero attached hydrogens (tertiary/aromatic N) is 4. The Morgan fingerprint density at radius 2 is 2.29 bits per heavy atom. The molecule has 2 heterocycles. The van der Waals surface area contributed by atoms with Crippen molar-refractivity contribution in [2.45, 2.75) is 12.1 Å². The topological polar surface area (TPSA) is 82.6 Å². The van der Waals surface area contributed by atoms with Crippen LogP contribution in [-0.4, -0.2) is 55.3 Å². The monoisotopic (exact) mass is 288 g/mol. The molecule has 0 spiro atoms. The van der Waals surface area contributed by atoms with E-state index < -0.39 is 4.92 Å². The van der Waals surface area contributed by atoms with E-state index in [4.69, 9.17) is 10.00 Å². The van der Waals surface area contributed by atoms with Crippen LogP contribution in [0.25, 0.3) is 0 Å². The van der Waals surface area contributed by atoms with E-state index in [-0.39, 0.29) is 17.4 Å². The highest BCUT2D eigenvalue weighted by Crippen LogP contribution is 2.29. The lowest BCUT2D eigenvalue weighted by Gasteiger charge is -2.33. The van der Waals surface area contributed by atoms with E-state index in [2.05, 4.69) is 16.8 Å².